The molecule has 0 aliphatic carbocycles. The summed E-state index contributed by atoms with van der Waals surface area (Å²) in [6, 6.07) is 2.83. The molecule has 0 saturated carbocycles. The Labute approximate surface area is 123 Å². The number of hydrogen-bond donors (Lipinski definition) is 1. The maximum atomic E-state index is 13.3. The van der Waals surface area contributed by atoms with Gasteiger partial charge in [0.2, 0.25) is 10.0 Å². The number of carbonyl (C=O) groups is 1. The molecule has 0 aliphatic rings. The first-order chi connectivity index (χ1) is 9.71. The van der Waals surface area contributed by atoms with E-state index in [0.29, 0.717) is 12.5 Å². The van der Waals surface area contributed by atoms with Crippen molar-refractivity contribution in [3.8, 4) is 0 Å². The van der Waals surface area contributed by atoms with E-state index in [2.05, 4.69) is 0 Å². The van der Waals surface area contributed by atoms with Crippen LogP contribution in [0.4, 0.5) is 4.39 Å². The molecule has 0 amide bonds. The number of primary sulfonamides is 1. The van der Waals surface area contributed by atoms with Crippen LogP contribution in [0, 0.1) is 11.7 Å². The van der Waals surface area contributed by atoms with Gasteiger partial charge in [0, 0.05) is 6.61 Å². The molecule has 0 atom stereocenters. The molecule has 0 fully saturated rings. The molecule has 1 aromatic carbocycles. The van der Waals surface area contributed by atoms with Gasteiger partial charge >= 0.3 is 5.97 Å². The second-order valence-electron chi connectivity index (χ2n) is 4.79. The summed E-state index contributed by atoms with van der Waals surface area (Å²) in [7, 11) is -4.24. The summed E-state index contributed by atoms with van der Waals surface area (Å²) in [5.74, 6) is -1.42. The van der Waals surface area contributed by atoms with E-state index in [9.17, 15) is 17.6 Å². The molecule has 0 heterocycles. The molecule has 8 heteroatoms. The van der Waals surface area contributed by atoms with Gasteiger partial charge in [0.25, 0.3) is 0 Å². The number of carbonyl (C=O) groups excluding carboxylic acids is 1. The highest BCUT2D eigenvalue weighted by Crippen LogP contribution is 2.15. The molecule has 2 N–H and O–H groups in total. The topological polar surface area (TPSA) is 95.7 Å². The zero-order valence-corrected chi connectivity index (χ0v) is 12.7. The van der Waals surface area contributed by atoms with Crippen LogP contribution in [0.5, 0.6) is 0 Å². The van der Waals surface area contributed by atoms with E-state index in [4.69, 9.17) is 14.6 Å². The Hall–Kier alpha value is -1.51. The SMILES string of the molecule is CC(C)COCCOC(=O)c1ccc(F)c(S(N)(=O)=O)c1. The van der Waals surface area contributed by atoms with Crippen LogP contribution in [0.25, 0.3) is 0 Å². The Bertz CT molecular complexity index is 601. The summed E-state index contributed by atoms with van der Waals surface area (Å²) in [6.07, 6.45) is 0. The van der Waals surface area contributed by atoms with Crippen LogP contribution in [0.3, 0.4) is 0 Å². The fourth-order valence-corrected chi connectivity index (χ4v) is 2.08. The first kappa shape index (κ1) is 17.5. The van der Waals surface area contributed by atoms with Crippen molar-refractivity contribution in [1.82, 2.24) is 0 Å². The van der Waals surface area contributed by atoms with Crippen molar-refractivity contribution in [2.75, 3.05) is 19.8 Å². The van der Waals surface area contributed by atoms with Gasteiger partial charge in [0.15, 0.2) is 0 Å². The normalized spacial score (nSPS) is 11.7. The van der Waals surface area contributed by atoms with Gasteiger partial charge in [-0.25, -0.2) is 22.7 Å². The Morgan fingerprint density at radius 1 is 1.33 bits per heavy atom. The average molecular weight is 319 g/mol. The van der Waals surface area contributed by atoms with Gasteiger partial charge in [0.05, 0.1) is 12.2 Å². The number of halogens is 1. The largest absolute Gasteiger partial charge is 0.460 e. The zero-order valence-electron chi connectivity index (χ0n) is 11.8. The van der Waals surface area contributed by atoms with Crippen molar-refractivity contribution in [3.05, 3.63) is 29.6 Å². The van der Waals surface area contributed by atoms with E-state index < -0.39 is 26.7 Å². The summed E-state index contributed by atoms with van der Waals surface area (Å²) in [5, 5.41) is 4.85. The Morgan fingerprint density at radius 3 is 2.57 bits per heavy atom. The summed E-state index contributed by atoms with van der Waals surface area (Å²) in [6.45, 7) is 4.77. The first-order valence-electron chi connectivity index (χ1n) is 6.29. The molecule has 0 aromatic heterocycles. The van der Waals surface area contributed by atoms with E-state index in [1.54, 1.807) is 0 Å². The summed E-state index contributed by atoms with van der Waals surface area (Å²) >= 11 is 0. The van der Waals surface area contributed by atoms with Gasteiger partial charge in [-0.1, -0.05) is 13.8 Å². The molecule has 0 radical (unpaired) electrons. The van der Waals surface area contributed by atoms with Crippen molar-refractivity contribution in [2.45, 2.75) is 18.7 Å². The third-order valence-electron chi connectivity index (χ3n) is 2.39. The lowest BCUT2D eigenvalue weighted by Crippen LogP contribution is -2.16. The average Bonchev–Trinajstić information content (AvgIpc) is 2.36. The van der Waals surface area contributed by atoms with Crippen LogP contribution in [-0.2, 0) is 19.5 Å². The molecule has 1 aromatic rings. The number of esters is 1. The van der Waals surface area contributed by atoms with Crippen molar-refractivity contribution in [2.24, 2.45) is 11.1 Å². The number of sulfonamides is 1. The second kappa shape index (κ2) is 7.48. The Morgan fingerprint density at radius 2 is 2.00 bits per heavy atom. The van der Waals surface area contributed by atoms with Crippen LogP contribution < -0.4 is 5.14 Å². The maximum absolute atomic E-state index is 13.3. The zero-order chi connectivity index (χ0) is 16.0. The number of nitrogens with two attached hydrogens (primary N) is 1. The molecule has 0 spiro atoms. The fraction of sp³-hybridized carbons (Fsp3) is 0.462. The molecule has 1 rings (SSSR count). The Kier molecular flexibility index (Phi) is 6.25. The molecule has 21 heavy (non-hydrogen) atoms. The summed E-state index contributed by atoms with van der Waals surface area (Å²) in [5.41, 5.74) is -0.0933. The smallest absolute Gasteiger partial charge is 0.338 e. The van der Waals surface area contributed by atoms with E-state index in [0.717, 1.165) is 18.2 Å². The lowest BCUT2D eigenvalue weighted by molar-refractivity contribution is 0.0277. The highest BCUT2D eigenvalue weighted by atomic mass is 32.2. The van der Waals surface area contributed by atoms with Gasteiger partial charge in [-0.2, -0.15) is 0 Å². The summed E-state index contributed by atoms with van der Waals surface area (Å²) in [4.78, 5) is 11.0. The second-order valence-corrected chi connectivity index (χ2v) is 6.32. The third-order valence-corrected chi connectivity index (χ3v) is 3.31. The molecule has 6 nitrogen and oxygen atoms in total. The number of benzene rings is 1. The monoisotopic (exact) mass is 319 g/mol. The number of rotatable bonds is 7. The number of hydrogen-bond acceptors (Lipinski definition) is 5. The highest BCUT2D eigenvalue weighted by Gasteiger charge is 2.18. The Balaban J connectivity index is 2.63. The summed E-state index contributed by atoms with van der Waals surface area (Å²) < 4.78 is 45.8. The van der Waals surface area contributed by atoms with Gasteiger partial charge in [-0.15, -0.1) is 0 Å². The quantitative estimate of drug-likeness (QED) is 0.604. The van der Waals surface area contributed by atoms with Gasteiger partial charge < -0.3 is 9.47 Å². The van der Waals surface area contributed by atoms with E-state index >= 15 is 0 Å². The van der Waals surface area contributed by atoms with E-state index in [1.165, 1.54) is 0 Å². The van der Waals surface area contributed by atoms with Crippen LogP contribution in [0.1, 0.15) is 24.2 Å². The molecule has 0 bridgehead atoms. The minimum absolute atomic E-state index is 0.0215. The standard InChI is InChI=1S/C13H18FNO5S/c1-9(2)8-19-5-6-20-13(16)10-3-4-11(14)12(7-10)21(15,17)18/h3-4,7,9H,5-6,8H2,1-2H3,(H2,15,17,18). The molecule has 118 valence electrons. The number of ether oxygens (including phenoxy) is 2. The van der Waals surface area contributed by atoms with Gasteiger partial charge in [-0.3, -0.25) is 0 Å². The van der Waals surface area contributed by atoms with Gasteiger partial charge in [-0.05, 0) is 24.1 Å². The minimum Gasteiger partial charge on any atom is -0.460 e. The molecule has 0 unspecified atom stereocenters. The van der Waals surface area contributed by atoms with Crippen LogP contribution in [0.15, 0.2) is 23.1 Å². The predicted molar refractivity (Wildman–Crippen MR) is 73.7 cm³/mol. The van der Waals surface area contributed by atoms with Crippen LogP contribution in [0.2, 0.25) is 0 Å². The molecular weight excluding hydrogens is 301 g/mol. The third kappa shape index (κ3) is 5.78. The molecular formula is C13H18FNO5S. The van der Waals surface area contributed by atoms with E-state index in [1.807, 2.05) is 13.8 Å². The fourth-order valence-electron chi connectivity index (χ4n) is 1.44. The predicted octanol–water partition coefficient (Wildman–Crippen LogP) is 1.30. The first-order valence-corrected chi connectivity index (χ1v) is 7.83. The van der Waals surface area contributed by atoms with Crippen LogP contribution >= 0.6 is 0 Å². The minimum atomic E-state index is -4.24. The maximum Gasteiger partial charge on any atom is 0.338 e. The van der Waals surface area contributed by atoms with E-state index in [-0.39, 0.29) is 18.8 Å². The van der Waals surface area contributed by atoms with Crippen molar-refractivity contribution >= 4 is 16.0 Å². The van der Waals surface area contributed by atoms with Crippen molar-refractivity contribution < 1.29 is 27.1 Å². The van der Waals surface area contributed by atoms with Crippen molar-refractivity contribution in [3.63, 3.8) is 0 Å². The van der Waals surface area contributed by atoms with Crippen LogP contribution in [-0.4, -0.2) is 34.2 Å². The lowest BCUT2D eigenvalue weighted by Gasteiger charge is -2.08. The highest BCUT2D eigenvalue weighted by molar-refractivity contribution is 7.89. The molecule has 0 aliphatic heterocycles. The van der Waals surface area contributed by atoms with Gasteiger partial charge in [0.1, 0.15) is 17.3 Å². The lowest BCUT2D eigenvalue weighted by atomic mass is 10.2. The van der Waals surface area contributed by atoms with Crippen molar-refractivity contribution in [1.29, 1.82) is 0 Å². The molecule has 0 saturated heterocycles.